The topological polar surface area (TPSA) is 60.5 Å². The molecule has 1 N–H and O–H groups in total. The van der Waals surface area contributed by atoms with Gasteiger partial charge in [0.05, 0.1) is 29.5 Å². The van der Waals surface area contributed by atoms with E-state index in [-0.39, 0.29) is 18.1 Å². The Morgan fingerprint density at radius 1 is 1.14 bits per heavy atom. The Kier molecular flexibility index (Phi) is 6.31. The summed E-state index contributed by atoms with van der Waals surface area (Å²) in [6.45, 7) is 5.86. The quantitative estimate of drug-likeness (QED) is 0.572. The highest BCUT2D eigenvalue weighted by Crippen LogP contribution is 2.31. The molecule has 0 bridgehead atoms. The minimum Gasteiger partial charge on any atom is -0.493 e. The van der Waals surface area contributed by atoms with E-state index in [1.54, 1.807) is 24.5 Å². The molecule has 2 aromatic carbocycles. The van der Waals surface area contributed by atoms with Crippen molar-refractivity contribution in [2.75, 3.05) is 7.11 Å². The molecule has 1 aromatic heterocycles. The highest BCUT2D eigenvalue weighted by Gasteiger charge is 2.13. The Morgan fingerprint density at radius 3 is 2.64 bits per heavy atom. The lowest BCUT2D eigenvalue weighted by Crippen LogP contribution is -2.24. The van der Waals surface area contributed by atoms with Crippen molar-refractivity contribution in [2.45, 2.75) is 32.9 Å². The van der Waals surface area contributed by atoms with Crippen LogP contribution in [-0.2, 0) is 4.79 Å². The summed E-state index contributed by atoms with van der Waals surface area (Å²) in [6.07, 6.45) is 3.32. The highest BCUT2D eigenvalue weighted by atomic mass is 32.1. The monoisotopic (exact) mass is 396 g/mol. The molecule has 146 valence electrons. The van der Waals surface area contributed by atoms with Crippen molar-refractivity contribution in [2.24, 2.45) is 0 Å². The highest BCUT2D eigenvalue weighted by molar-refractivity contribution is 7.19. The van der Waals surface area contributed by atoms with Gasteiger partial charge in [0.25, 0.3) is 0 Å². The first-order valence-electron chi connectivity index (χ1n) is 9.15. The molecule has 3 aromatic rings. The number of thiazole rings is 1. The molecule has 0 aliphatic carbocycles. The molecule has 1 unspecified atom stereocenters. The maximum Gasteiger partial charge on any atom is 0.244 e. The lowest BCUT2D eigenvalue weighted by Gasteiger charge is -2.17. The smallest absolute Gasteiger partial charge is 0.244 e. The number of benzene rings is 2. The minimum atomic E-state index is -0.173. The molecule has 1 heterocycles. The van der Waals surface area contributed by atoms with Crippen molar-refractivity contribution in [3.8, 4) is 11.5 Å². The van der Waals surface area contributed by atoms with Crippen molar-refractivity contribution in [1.82, 2.24) is 10.3 Å². The van der Waals surface area contributed by atoms with Crippen LogP contribution in [0.1, 0.15) is 37.4 Å². The molecule has 0 aliphatic rings. The van der Waals surface area contributed by atoms with E-state index >= 15 is 0 Å². The predicted molar refractivity (Wildman–Crippen MR) is 114 cm³/mol. The molecule has 0 saturated heterocycles. The van der Waals surface area contributed by atoms with Crippen molar-refractivity contribution in [1.29, 1.82) is 0 Å². The summed E-state index contributed by atoms with van der Waals surface area (Å²) in [4.78, 5) is 16.8. The Bertz CT molecular complexity index is 961. The van der Waals surface area contributed by atoms with Crippen LogP contribution in [0.4, 0.5) is 0 Å². The summed E-state index contributed by atoms with van der Waals surface area (Å²) in [5.41, 5.74) is 1.88. The molecule has 0 radical (unpaired) electrons. The second kappa shape index (κ2) is 8.89. The molecule has 0 fully saturated rings. The molecular weight excluding hydrogens is 372 g/mol. The van der Waals surface area contributed by atoms with Gasteiger partial charge in [0, 0.05) is 6.08 Å². The van der Waals surface area contributed by atoms with Gasteiger partial charge in [-0.2, -0.15) is 0 Å². The molecule has 3 rings (SSSR count). The van der Waals surface area contributed by atoms with E-state index in [1.165, 1.54) is 6.08 Å². The van der Waals surface area contributed by atoms with Gasteiger partial charge in [0.15, 0.2) is 11.5 Å². The lowest BCUT2D eigenvalue weighted by molar-refractivity contribution is -0.117. The number of hydrogen-bond donors (Lipinski definition) is 1. The van der Waals surface area contributed by atoms with E-state index in [1.807, 2.05) is 63.2 Å². The summed E-state index contributed by atoms with van der Waals surface area (Å²) in [5.74, 6) is 1.17. The van der Waals surface area contributed by atoms with Crippen LogP contribution in [0.2, 0.25) is 0 Å². The maximum atomic E-state index is 12.3. The molecule has 0 aliphatic heterocycles. The largest absolute Gasteiger partial charge is 0.493 e. The average Bonchev–Trinajstić information content (AvgIpc) is 3.09. The van der Waals surface area contributed by atoms with Crippen LogP contribution < -0.4 is 14.8 Å². The van der Waals surface area contributed by atoms with Crippen LogP contribution in [0.15, 0.2) is 48.5 Å². The Labute approximate surface area is 169 Å². The number of rotatable bonds is 7. The molecule has 0 saturated carbocycles. The van der Waals surface area contributed by atoms with Gasteiger partial charge in [-0.3, -0.25) is 4.79 Å². The van der Waals surface area contributed by atoms with Crippen LogP contribution in [-0.4, -0.2) is 24.1 Å². The molecule has 1 atom stereocenters. The van der Waals surface area contributed by atoms with E-state index in [0.29, 0.717) is 11.5 Å². The Hall–Kier alpha value is -2.86. The first-order chi connectivity index (χ1) is 13.5. The number of nitrogens with zero attached hydrogens (tertiary/aromatic N) is 1. The number of aromatic nitrogens is 1. The van der Waals surface area contributed by atoms with Gasteiger partial charge < -0.3 is 14.8 Å². The second-order valence-electron chi connectivity index (χ2n) is 6.66. The molecule has 0 spiro atoms. The van der Waals surface area contributed by atoms with E-state index in [9.17, 15) is 4.79 Å². The van der Waals surface area contributed by atoms with Gasteiger partial charge in [0.2, 0.25) is 5.91 Å². The maximum absolute atomic E-state index is 12.3. The summed E-state index contributed by atoms with van der Waals surface area (Å²) in [7, 11) is 1.61. The summed E-state index contributed by atoms with van der Waals surface area (Å²) in [5, 5.41) is 3.77. The van der Waals surface area contributed by atoms with Crippen molar-refractivity contribution < 1.29 is 14.3 Å². The van der Waals surface area contributed by atoms with Gasteiger partial charge in [-0.15, -0.1) is 11.3 Å². The number of ether oxygens (including phenoxy) is 2. The normalized spacial score (nSPS) is 12.5. The molecule has 1 amide bonds. The van der Waals surface area contributed by atoms with Crippen molar-refractivity contribution in [3.05, 3.63) is 59.1 Å². The zero-order valence-electron chi connectivity index (χ0n) is 16.4. The minimum absolute atomic E-state index is 0.0597. The molecular formula is C22H24N2O3S. The SMILES string of the molecule is COc1cc(C(C)NC(=O)/C=C/c2nc3ccccc3s2)ccc1OC(C)C. The van der Waals surface area contributed by atoms with E-state index in [0.717, 1.165) is 20.8 Å². The number of amides is 1. The summed E-state index contributed by atoms with van der Waals surface area (Å²) in [6, 6.07) is 13.4. The third-order valence-electron chi connectivity index (χ3n) is 4.10. The third kappa shape index (κ3) is 4.89. The molecule has 5 nitrogen and oxygen atoms in total. The van der Waals surface area contributed by atoms with Crippen LogP contribution >= 0.6 is 11.3 Å². The first-order valence-corrected chi connectivity index (χ1v) is 9.96. The Morgan fingerprint density at radius 2 is 1.93 bits per heavy atom. The van der Waals surface area contributed by atoms with Crippen LogP contribution in [0.5, 0.6) is 11.5 Å². The molecule has 6 heteroatoms. The second-order valence-corrected chi connectivity index (χ2v) is 7.72. The number of carbonyl (C=O) groups is 1. The summed E-state index contributed by atoms with van der Waals surface area (Å²) >= 11 is 1.56. The molecule has 28 heavy (non-hydrogen) atoms. The number of methoxy groups -OCH3 is 1. The van der Waals surface area contributed by atoms with E-state index < -0.39 is 0 Å². The zero-order valence-corrected chi connectivity index (χ0v) is 17.2. The number of nitrogens with one attached hydrogen (secondary N) is 1. The summed E-state index contributed by atoms with van der Waals surface area (Å²) < 4.78 is 12.3. The first kappa shape index (κ1) is 19.9. The number of fused-ring (bicyclic) bond motifs is 1. The fraction of sp³-hybridized carbons (Fsp3) is 0.273. The van der Waals surface area contributed by atoms with Gasteiger partial charge in [0.1, 0.15) is 5.01 Å². The fourth-order valence-electron chi connectivity index (χ4n) is 2.76. The van der Waals surface area contributed by atoms with Gasteiger partial charge in [-0.25, -0.2) is 4.98 Å². The number of hydrogen-bond acceptors (Lipinski definition) is 5. The predicted octanol–water partition coefficient (Wildman–Crippen LogP) is 4.98. The zero-order chi connectivity index (χ0) is 20.1. The van der Waals surface area contributed by atoms with Gasteiger partial charge in [-0.1, -0.05) is 18.2 Å². The van der Waals surface area contributed by atoms with Gasteiger partial charge >= 0.3 is 0 Å². The van der Waals surface area contributed by atoms with E-state index in [4.69, 9.17) is 9.47 Å². The number of carbonyl (C=O) groups excluding carboxylic acids is 1. The number of para-hydroxylation sites is 1. The Balaban J connectivity index is 1.66. The van der Waals surface area contributed by atoms with Crippen molar-refractivity contribution in [3.63, 3.8) is 0 Å². The van der Waals surface area contributed by atoms with Gasteiger partial charge in [-0.05, 0) is 56.7 Å². The van der Waals surface area contributed by atoms with Crippen molar-refractivity contribution >= 4 is 33.5 Å². The average molecular weight is 397 g/mol. The van der Waals surface area contributed by atoms with Crippen LogP contribution in [0.25, 0.3) is 16.3 Å². The lowest BCUT2D eigenvalue weighted by atomic mass is 10.1. The van der Waals surface area contributed by atoms with Crippen LogP contribution in [0.3, 0.4) is 0 Å². The van der Waals surface area contributed by atoms with E-state index in [2.05, 4.69) is 10.3 Å². The standard InChI is InChI=1S/C22H24N2O3S/c1-14(2)27-18-10-9-16(13-19(18)26-4)15(3)23-21(25)11-12-22-24-17-7-5-6-8-20(17)28-22/h5-15H,1-4H3,(H,23,25)/b12-11+. The van der Waals surface area contributed by atoms with Crippen LogP contribution in [0, 0.1) is 0 Å². The third-order valence-corrected chi connectivity index (χ3v) is 5.10. The fourth-order valence-corrected chi connectivity index (χ4v) is 3.63.